The molecule has 0 amide bonds. The average molecular weight is 240 g/mol. The standard InChI is InChI=1S/C14H16N4/c1-3-4-5-10(2)13-7-6-11(8-16-13)12-9-17-18-14(12)15/h3-10H,1H2,2H3,(H3,15,17,18)/b5-4-. The Bertz CT molecular complexity index is 551. The highest BCUT2D eigenvalue weighted by Crippen LogP contribution is 2.24. The molecule has 0 aliphatic heterocycles. The van der Waals surface area contributed by atoms with Crippen molar-refractivity contribution in [3.63, 3.8) is 0 Å². The number of nitrogen functional groups attached to an aromatic ring is 1. The van der Waals surface area contributed by atoms with E-state index in [-0.39, 0.29) is 5.92 Å². The van der Waals surface area contributed by atoms with Crippen LogP contribution in [0.15, 0.2) is 49.3 Å². The molecule has 18 heavy (non-hydrogen) atoms. The number of nitrogens with zero attached hydrogens (tertiary/aromatic N) is 2. The summed E-state index contributed by atoms with van der Waals surface area (Å²) in [6.07, 6.45) is 9.26. The minimum absolute atomic E-state index is 0.263. The number of allylic oxidation sites excluding steroid dienone is 3. The van der Waals surface area contributed by atoms with Gasteiger partial charge in [-0.1, -0.05) is 37.8 Å². The molecule has 2 aromatic heterocycles. The summed E-state index contributed by atoms with van der Waals surface area (Å²) in [5.41, 5.74) is 8.62. The van der Waals surface area contributed by atoms with Gasteiger partial charge in [0.15, 0.2) is 0 Å². The number of hydrogen-bond donors (Lipinski definition) is 2. The maximum absolute atomic E-state index is 5.77. The first-order valence-corrected chi connectivity index (χ1v) is 5.76. The molecular weight excluding hydrogens is 224 g/mol. The van der Waals surface area contributed by atoms with Crippen LogP contribution in [0, 0.1) is 0 Å². The van der Waals surface area contributed by atoms with E-state index in [4.69, 9.17) is 5.73 Å². The average Bonchev–Trinajstić information content (AvgIpc) is 2.82. The number of hydrogen-bond acceptors (Lipinski definition) is 3. The molecule has 1 unspecified atom stereocenters. The summed E-state index contributed by atoms with van der Waals surface area (Å²) >= 11 is 0. The molecule has 0 bridgehead atoms. The molecule has 0 aliphatic carbocycles. The SMILES string of the molecule is C=C/C=C\C(C)c1ccc(-c2cn[nH]c2N)cn1. The molecule has 0 spiro atoms. The summed E-state index contributed by atoms with van der Waals surface area (Å²) in [6.45, 7) is 5.74. The van der Waals surface area contributed by atoms with E-state index >= 15 is 0 Å². The number of aromatic nitrogens is 3. The molecular formula is C14H16N4. The van der Waals surface area contributed by atoms with E-state index in [0.29, 0.717) is 5.82 Å². The van der Waals surface area contributed by atoms with Crippen LogP contribution in [0.25, 0.3) is 11.1 Å². The number of aromatic amines is 1. The molecule has 4 heteroatoms. The van der Waals surface area contributed by atoms with Gasteiger partial charge in [-0.3, -0.25) is 10.1 Å². The van der Waals surface area contributed by atoms with Gasteiger partial charge in [-0.05, 0) is 6.07 Å². The Morgan fingerprint density at radius 3 is 2.78 bits per heavy atom. The molecule has 0 saturated carbocycles. The van der Waals surface area contributed by atoms with Crippen LogP contribution in [-0.2, 0) is 0 Å². The van der Waals surface area contributed by atoms with Crippen LogP contribution < -0.4 is 5.73 Å². The fourth-order valence-corrected chi connectivity index (χ4v) is 1.70. The fourth-order valence-electron chi connectivity index (χ4n) is 1.70. The Hall–Kier alpha value is -2.36. The summed E-state index contributed by atoms with van der Waals surface area (Å²) in [7, 11) is 0. The van der Waals surface area contributed by atoms with Crippen molar-refractivity contribution >= 4 is 5.82 Å². The number of rotatable bonds is 4. The monoisotopic (exact) mass is 240 g/mol. The molecule has 3 N–H and O–H groups in total. The minimum Gasteiger partial charge on any atom is -0.384 e. The second kappa shape index (κ2) is 5.31. The summed E-state index contributed by atoms with van der Waals surface area (Å²) in [5, 5.41) is 6.61. The van der Waals surface area contributed by atoms with Gasteiger partial charge in [-0.25, -0.2) is 0 Å². The molecule has 0 saturated heterocycles. The largest absolute Gasteiger partial charge is 0.384 e. The molecule has 4 nitrogen and oxygen atoms in total. The van der Waals surface area contributed by atoms with Gasteiger partial charge < -0.3 is 5.73 Å². The topological polar surface area (TPSA) is 67.6 Å². The summed E-state index contributed by atoms with van der Waals surface area (Å²) in [5.74, 6) is 0.822. The van der Waals surface area contributed by atoms with E-state index in [0.717, 1.165) is 16.8 Å². The predicted octanol–water partition coefficient (Wildman–Crippen LogP) is 2.90. The van der Waals surface area contributed by atoms with E-state index in [1.54, 1.807) is 12.3 Å². The Balaban J connectivity index is 2.23. The maximum atomic E-state index is 5.77. The molecule has 2 rings (SSSR count). The highest BCUT2D eigenvalue weighted by Gasteiger charge is 2.07. The van der Waals surface area contributed by atoms with Crippen molar-refractivity contribution in [2.75, 3.05) is 5.73 Å². The Morgan fingerprint density at radius 1 is 1.39 bits per heavy atom. The van der Waals surface area contributed by atoms with Crippen molar-refractivity contribution in [2.24, 2.45) is 0 Å². The van der Waals surface area contributed by atoms with Crippen LogP contribution in [0.5, 0.6) is 0 Å². The molecule has 0 radical (unpaired) electrons. The van der Waals surface area contributed by atoms with Crippen LogP contribution in [0.1, 0.15) is 18.5 Å². The third-order valence-electron chi connectivity index (χ3n) is 2.77. The van der Waals surface area contributed by atoms with Gasteiger partial charge in [0.2, 0.25) is 0 Å². The van der Waals surface area contributed by atoms with Crippen LogP contribution in [0.4, 0.5) is 5.82 Å². The lowest BCUT2D eigenvalue weighted by Crippen LogP contribution is -1.94. The predicted molar refractivity (Wildman–Crippen MR) is 74.0 cm³/mol. The van der Waals surface area contributed by atoms with E-state index in [2.05, 4.69) is 34.8 Å². The number of pyridine rings is 1. The number of H-pyrrole nitrogens is 1. The van der Waals surface area contributed by atoms with E-state index in [1.807, 2.05) is 24.4 Å². The fraction of sp³-hybridized carbons (Fsp3) is 0.143. The normalized spacial score (nSPS) is 12.7. The molecule has 2 heterocycles. The summed E-state index contributed by atoms with van der Waals surface area (Å²) in [6, 6.07) is 4.00. The first kappa shape index (κ1) is 12.1. The van der Waals surface area contributed by atoms with Gasteiger partial charge in [0.05, 0.1) is 6.20 Å². The molecule has 2 aromatic rings. The van der Waals surface area contributed by atoms with E-state index in [1.165, 1.54) is 0 Å². The second-order valence-corrected chi connectivity index (χ2v) is 4.08. The first-order valence-electron chi connectivity index (χ1n) is 5.76. The van der Waals surface area contributed by atoms with E-state index in [9.17, 15) is 0 Å². The zero-order chi connectivity index (χ0) is 13.0. The van der Waals surface area contributed by atoms with Gasteiger partial charge in [0.25, 0.3) is 0 Å². The van der Waals surface area contributed by atoms with Crippen molar-refractivity contribution < 1.29 is 0 Å². The van der Waals surface area contributed by atoms with Crippen LogP contribution >= 0.6 is 0 Å². The first-order chi connectivity index (χ1) is 8.72. The lowest BCUT2D eigenvalue weighted by molar-refractivity contribution is 0.907. The third kappa shape index (κ3) is 2.48. The highest BCUT2D eigenvalue weighted by molar-refractivity contribution is 5.72. The molecule has 0 aliphatic rings. The van der Waals surface area contributed by atoms with Gasteiger partial charge >= 0.3 is 0 Å². The maximum Gasteiger partial charge on any atom is 0.126 e. The zero-order valence-electron chi connectivity index (χ0n) is 10.3. The van der Waals surface area contributed by atoms with Crippen LogP contribution in [0.2, 0.25) is 0 Å². The van der Waals surface area contributed by atoms with Gasteiger partial charge in [-0.15, -0.1) is 0 Å². The summed E-state index contributed by atoms with van der Waals surface area (Å²) < 4.78 is 0. The minimum atomic E-state index is 0.263. The van der Waals surface area contributed by atoms with Crippen molar-refractivity contribution in [1.29, 1.82) is 0 Å². The number of nitrogens with one attached hydrogen (secondary N) is 1. The molecule has 1 atom stereocenters. The van der Waals surface area contributed by atoms with Crippen molar-refractivity contribution in [3.8, 4) is 11.1 Å². The molecule has 92 valence electrons. The highest BCUT2D eigenvalue weighted by atomic mass is 15.1. The number of anilines is 1. The smallest absolute Gasteiger partial charge is 0.126 e. The summed E-state index contributed by atoms with van der Waals surface area (Å²) in [4.78, 5) is 4.45. The van der Waals surface area contributed by atoms with E-state index < -0.39 is 0 Å². The lowest BCUT2D eigenvalue weighted by atomic mass is 10.0. The zero-order valence-corrected chi connectivity index (χ0v) is 10.3. The van der Waals surface area contributed by atoms with Crippen LogP contribution in [0.3, 0.4) is 0 Å². The van der Waals surface area contributed by atoms with Gasteiger partial charge in [0.1, 0.15) is 5.82 Å². The Labute approximate surface area is 106 Å². The Morgan fingerprint density at radius 2 is 2.22 bits per heavy atom. The van der Waals surface area contributed by atoms with Crippen LogP contribution in [-0.4, -0.2) is 15.2 Å². The molecule has 0 fully saturated rings. The second-order valence-electron chi connectivity index (χ2n) is 4.08. The third-order valence-corrected chi connectivity index (χ3v) is 2.77. The van der Waals surface area contributed by atoms with Gasteiger partial charge in [0, 0.05) is 28.9 Å². The molecule has 0 aromatic carbocycles. The van der Waals surface area contributed by atoms with Gasteiger partial charge in [-0.2, -0.15) is 5.10 Å². The van der Waals surface area contributed by atoms with Crippen molar-refractivity contribution in [3.05, 3.63) is 55.0 Å². The number of nitrogens with two attached hydrogens (primary N) is 1. The van der Waals surface area contributed by atoms with Crippen molar-refractivity contribution in [1.82, 2.24) is 15.2 Å². The quantitative estimate of drug-likeness (QED) is 0.807. The Kier molecular flexibility index (Phi) is 3.57. The lowest BCUT2D eigenvalue weighted by Gasteiger charge is -2.06. The van der Waals surface area contributed by atoms with Crippen molar-refractivity contribution in [2.45, 2.75) is 12.8 Å².